The zero-order valence-corrected chi connectivity index (χ0v) is 11.0. The van der Waals surface area contributed by atoms with Crippen molar-refractivity contribution < 1.29 is 9.53 Å². The summed E-state index contributed by atoms with van der Waals surface area (Å²) in [5, 5.41) is 2.82. The number of hydrogen-bond acceptors (Lipinski definition) is 3. The molecule has 2 atom stereocenters. The van der Waals surface area contributed by atoms with E-state index >= 15 is 0 Å². The molecule has 0 radical (unpaired) electrons. The predicted octanol–water partition coefficient (Wildman–Crippen LogP) is 1.89. The van der Waals surface area contributed by atoms with Crippen LogP contribution in [0.2, 0.25) is 0 Å². The smallest absolute Gasteiger partial charge is 0.407 e. The molecule has 3 aliphatic rings. The molecular formula is C13H22N2O2. The topological polar surface area (TPSA) is 41.6 Å². The fourth-order valence-corrected chi connectivity index (χ4v) is 4.13. The molecule has 1 spiro atoms. The number of carbonyl (C=O) groups is 1. The molecule has 3 heterocycles. The molecule has 2 unspecified atom stereocenters. The third-order valence-electron chi connectivity index (χ3n) is 4.47. The first-order valence-corrected chi connectivity index (χ1v) is 6.65. The SMILES string of the molecule is CC(C)(C)N1C2CCC1CC1(CNC(=O)O1)C2. The third-order valence-corrected chi connectivity index (χ3v) is 4.47. The maximum Gasteiger partial charge on any atom is 0.407 e. The summed E-state index contributed by atoms with van der Waals surface area (Å²) >= 11 is 0. The van der Waals surface area contributed by atoms with Crippen LogP contribution in [-0.4, -0.2) is 40.8 Å². The average Bonchev–Trinajstić information content (AvgIpc) is 2.67. The summed E-state index contributed by atoms with van der Waals surface area (Å²) in [5.74, 6) is 0. The van der Waals surface area contributed by atoms with Crippen LogP contribution in [0.15, 0.2) is 0 Å². The highest BCUT2D eigenvalue weighted by Crippen LogP contribution is 2.46. The van der Waals surface area contributed by atoms with E-state index in [9.17, 15) is 4.79 Å². The summed E-state index contributed by atoms with van der Waals surface area (Å²) < 4.78 is 5.55. The number of fused-ring (bicyclic) bond motifs is 2. The van der Waals surface area contributed by atoms with Crippen LogP contribution >= 0.6 is 0 Å². The standard InChI is InChI=1S/C13H22N2O2/c1-12(2,3)15-9-4-5-10(15)7-13(6-9)8-14-11(16)17-13/h9-10H,4-8H2,1-3H3,(H,14,16). The molecule has 0 aliphatic carbocycles. The van der Waals surface area contributed by atoms with Crippen LogP contribution in [0.1, 0.15) is 46.5 Å². The number of piperidine rings is 1. The van der Waals surface area contributed by atoms with Gasteiger partial charge in [-0.25, -0.2) is 4.79 Å². The number of rotatable bonds is 0. The molecule has 3 fully saturated rings. The third kappa shape index (κ3) is 1.73. The molecular weight excluding hydrogens is 216 g/mol. The molecule has 1 N–H and O–H groups in total. The van der Waals surface area contributed by atoms with Gasteiger partial charge in [-0.2, -0.15) is 0 Å². The van der Waals surface area contributed by atoms with E-state index < -0.39 is 0 Å². The Bertz CT molecular complexity index is 334. The zero-order valence-electron chi connectivity index (χ0n) is 11.0. The number of ether oxygens (including phenoxy) is 1. The summed E-state index contributed by atoms with van der Waals surface area (Å²) in [6, 6.07) is 1.17. The Morgan fingerprint density at radius 2 is 1.88 bits per heavy atom. The van der Waals surface area contributed by atoms with Gasteiger partial charge in [0.1, 0.15) is 5.60 Å². The average molecular weight is 238 g/mol. The molecule has 0 aromatic rings. The lowest BCUT2D eigenvalue weighted by Gasteiger charge is -2.49. The van der Waals surface area contributed by atoms with Crippen molar-refractivity contribution in [2.24, 2.45) is 0 Å². The number of hydrogen-bond donors (Lipinski definition) is 1. The highest BCUT2D eigenvalue weighted by Gasteiger charge is 2.54. The fourth-order valence-electron chi connectivity index (χ4n) is 4.13. The molecule has 3 saturated heterocycles. The number of alkyl carbamates (subject to hydrolysis) is 1. The Labute approximate surface area is 103 Å². The van der Waals surface area contributed by atoms with Crippen molar-refractivity contribution in [3.05, 3.63) is 0 Å². The summed E-state index contributed by atoms with van der Waals surface area (Å²) in [6.07, 6.45) is 4.27. The Morgan fingerprint density at radius 3 is 2.29 bits per heavy atom. The van der Waals surface area contributed by atoms with Crippen molar-refractivity contribution in [3.63, 3.8) is 0 Å². The minimum atomic E-state index is -0.228. The predicted molar refractivity (Wildman–Crippen MR) is 64.9 cm³/mol. The zero-order chi connectivity index (χ0) is 12.3. The fraction of sp³-hybridized carbons (Fsp3) is 0.923. The second-order valence-electron chi connectivity index (χ2n) is 6.80. The van der Waals surface area contributed by atoms with E-state index in [1.807, 2.05) is 0 Å². The van der Waals surface area contributed by atoms with Crippen molar-refractivity contribution in [1.82, 2.24) is 10.2 Å². The quantitative estimate of drug-likeness (QED) is 0.700. The van der Waals surface area contributed by atoms with Gasteiger partial charge in [-0.1, -0.05) is 0 Å². The molecule has 17 heavy (non-hydrogen) atoms. The van der Waals surface area contributed by atoms with Crippen molar-refractivity contribution >= 4 is 6.09 Å². The van der Waals surface area contributed by atoms with E-state index in [-0.39, 0.29) is 17.2 Å². The van der Waals surface area contributed by atoms with Gasteiger partial charge in [0.05, 0.1) is 6.54 Å². The molecule has 4 nitrogen and oxygen atoms in total. The van der Waals surface area contributed by atoms with Crippen LogP contribution in [0.5, 0.6) is 0 Å². The van der Waals surface area contributed by atoms with E-state index in [4.69, 9.17) is 4.74 Å². The van der Waals surface area contributed by atoms with Crippen molar-refractivity contribution in [2.75, 3.05) is 6.54 Å². The van der Waals surface area contributed by atoms with E-state index in [0.29, 0.717) is 18.6 Å². The molecule has 1 amide bonds. The van der Waals surface area contributed by atoms with Gasteiger partial charge in [0, 0.05) is 30.5 Å². The summed E-state index contributed by atoms with van der Waals surface area (Å²) in [5.41, 5.74) is 0.0220. The summed E-state index contributed by atoms with van der Waals surface area (Å²) in [7, 11) is 0. The van der Waals surface area contributed by atoms with Crippen LogP contribution in [0.25, 0.3) is 0 Å². The maximum absolute atomic E-state index is 11.3. The van der Waals surface area contributed by atoms with Gasteiger partial charge < -0.3 is 10.1 Å². The van der Waals surface area contributed by atoms with E-state index in [2.05, 4.69) is 31.0 Å². The van der Waals surface area contributed by atoms with Gasteiger partial charge in [-0.15, -0.1) is 0 Å². The molecule has 0 saturated carbocycles. The van der Waals surface area contributed by atoms with Crippen LogP contribution in [-0.2, 0) is 4.74 Å². The monoisotopic (exact) mass is 238 g/mol. The molecule has 96 valence electrons. The molecule has 0 aromatic carbocycles. The minimum Gasteiger partial charge on any atom is -0.441 e. The number of carbonyl (C=O) groups excluding carboxylic acids is 1. The molecule has 2 bridgehead atoms. The lowest BCUT2D eigenvalue weighted by molar-refractivity contribution is -0.0601. The van der Waals surface area contributed by atoms with Crippen molar-refractivity contribution in [1.29, 1.82) is 0 Å². The highest BCUT2D eigenvalue weighted by molar-refractivity contribution is 5.70. The van der Waals surface area contributed by atoms with Gasteiger partial charge in [-0.05, 0) is 33.6 Å². The maximum atomic E-state index is 11.3. The van der Waals surface area contributed by atoms with Gasteiger partial charge in [0.15, 0.2) is 0 Å². The van der Waals surface area contributed by atoms with Gasteiger partial charge >= 0.3 is 6.09 Å². The largest absolute Gasteiger partial charge is 0.441 e. The molecule has 3 aliphatic heterocycles. The van der Waals surface area contributed by atoms with Gasteiger partial charge in [0.2, 0.25) is 0 Å². The van der Waals surface area contributed by atoms with Crippen LogP contribution in [0.4, 0.5) is 4.79 Å². The first-order chi connectivity index (χ1) is 7.90. The molecule has 0 aromatic heterocycles. The van der Waals surface area contributed by atoms with E-state index in [1.165, 1.54) is 12.8 Å². The van der Waals surface area contributed by atoms with Crippen molar-refractivity contribution in [3.8, 4) is 0 Å². The second-order valence-corrected chi connectivity index (χ2v) is 6.80. The first kappa shape index (κ1) is 11.3. The van der Waals surface area contributed by atoms with Crippen LogP contribution in [0.3, 0.4) is 0 Å². The Hall–Kier alpha value is -0.770. The lowest BCUT2D eigenvalue weighted by Crippen LogP contribution is -2.58. The minimum absolute atomic E-state index is 0.204. The number of amides is 1. The van der Waals surface area contributed by atoms with Crippen molar-refractivity contribution in [2.45, 2.75) is 69.7 Å². The normalized spacial score (nSPS) is 41.7. The molecule has 3 rings (SSSR count). The van der Waals surface area contributed by atoms with Gasteiger partial charge in [-0.3, -0.25) is 4.90 Å². The Morgan fingerprint density at radius 1 is 1.29 bits per heavy atom. The number of nitrogens with zero attached hydrogens (tertiary/aromatic N) is 1. The second kappa shape index (κ2) is 3.37. The lowest BCUT2D eigenvalue weighted by atomic mass is 9.83. The van der Waals surface area contributed by atoms with Crippen LogP contribution < -0.4 is 5.32 Å². The highest BCUT2D eigenvalue weighted by atomic mass is 16.6. The first-order valence-electron chi connectivity index (χ1n) is 6.65. The van der Waals surface area contributed by atoms with E-state index in [1.54, 1.807) is 0 Å². The number of nitrogens with one attached hydrogen (secondary N) is 1. The van der Waals surface area contributed by atoms with Crippen LogP contribution in [0, 0.1) is 0 Å². The van der Waals surface area contributed by atoms with E-state index in [0.717, 1.165) is 12.8 Å². The molecule has 4 heteroatoms. The Balaban J connectivity index is 1.82. The van der Waals surface area contributed by atoms with Gasteiger partial charge in [0.25, 0.3) is 0 Å². The summed E-state index contributed by atoms with van der Waals surface area (Å²) in [4.78, 5) is 13.9. The Kier molecular flexibility index (Phi) is 2.25. The summed E-state index contributed by atoms with van der Waals surface area (Å²) in [6.45, 7) is 7.57.